The zero-order valence-electron chi connectivity index (χ0n) is 14.8. The summed E-state index contributed by atoms with van der Waals surface area (Å²) in [6, 6.07) is 11.8. The summed E-state index contributed by atoms with van der Waals surface area (Å²) in [5, 5.41) is 6.55. The SMILES string of the molecule is CCOc1ncccc1CNC(=NC)NCc1ccc(OC)cc1.I. The van der Waals surface area contributed by atoms with Crippen molar-refractivity contribution in [3.8, 4) is 11.6 Å². The van der Waals surface area contributed by atoms with Crippen LogP contribution in [0.15, 0.2) is 47.6 Å². The van der Waals surface area contributed by atoms with Gasteiger partial charge in [-0.2, -0.15) is 0 Å². The maximum atomic E-state index is 5.53. The topological polar surface area (TPSA) is 67.8 Å². The lowest BCUT2D eigenvalue weighted by molar-refractivity contribution is 0.322. The maximum Gasteiger partial charge on any atom is 0.218 e. The summed E-state index contributed by atoms with van der Waals surface area (Å²) in [4.78, 5) is 8.48. The predicted octanol–water partition coefficient (Wildman–Crippen LogP) is 2.97. The Bertz CT molecular complexity index is 662. The van der Waals surface area contributed by atoms with Gasteiger partial charge >= 0.3 is 0 Å². The molecule has 0 unspecified atom stereocenters. The van der Waals surface area contributed by atoms with Crippen LogP contribution in [0.3, 0.4) is 0 Å². The van der Waals surface area contributed by atoms with Gasteiger partial charge in [-0.25, -0.2) is 4.98 Å². The van der Waals surface area contributed by atoms with Crippen molar-refractivity contribution >= 4 is 29.9 Å². The Morgan fingerprint density at radius 1 is 1.12 bits per heavy atom. The second kappa shape index (κ2) is 11.5. The Morgan fingerprint density at radius 2 is 1.84 bits per heavy atom. The molecule has 0 saturated heterocycles. The number of guanidine groups is 1. The minimum atomic E-state index is 0. The van der Waals surface area contributed by atoms with Crippen LogP contribution >= 0.6 is 24.0 Å². The van der Waals surface area contributed by atoms with Gasteiger partial charge in [0.15, 0.2) is 5.96 Å². The summed E-state index contributed by atoms with van der Waals surface area (Å²) >= 11 is 0. The van der Waals surface area contributed by atoms with Crippen LogP contribution in [-0.4, -0.2) is 31.7 Å². The summed E-state index contributed by atoms with van der Waals surface area (Å²) in [6.07, 6.45) is 1.73. The van der Waals surface area contributed by atoms with E-state index in [-0.39, 0.29) is 24.0 Å². The number of ether oxygens (including phenoxy) is 2. The third kappa shape index (κ3) is 6.77. The van der Waals surface area contributed by atoms with Crippen molar-refractivity contribution in [2.75, 3.05) is 20.8 Å². The lowest BCUT2D eigenvalue weighted by atomic mass is 10.2. The number of nitrogens with zero attached hydrogens (tertiary/aromatic N) is 2. The molecule has 0 aliphatic carbocycles. The molecule has 6 nitrogen and oxygen atoms in total. The van der Waals surface area contributed by atoms with E-state index in [1.54, 1.807) is 20.4 Å². The van der Waals surface area contributed by atoms with Crippen molar-refractivity contribution in [3.63, 3.8) is 0 Å². The van der Waals surface area contributed by atoms with E-state index in [9.17, 15) is 0 Å². The Hall–Kier alpha value is -2.03. The fourth-order valence-corrected chi connectivity index (χ4v) is 2.15. The van der Waals surface area contributed by atoms with E-state index in [0.29, 0.717) is 25.6 Å². The summed E-state index contributed by atoms with van der Waals surface area (Å²) in [5.74, 6) is 2.22. The molecular formula is C18H25IN4O2. The molecule has 1 aromatic carbocycles. The number of pyridine rings is 1. The highest BCUT2D eigenvalue weighted by Gasteiger charge is 2.05. The summed E-state index contributed by atoms with van der Waals surface area (Å²) < 4.78 is 10.7. The molecule has 0 bridgehead atoms. The van der Waals surface area contributed by atoms with Crippen molar-refractivity contribution in [3.05, 3.63) is 53.7 Å². The highest BCUT2D eigenvalue weighted by Crippen LogP contribution is 2.14. The van der Waals surface area contributed by atoms with Crippen molar-refractivity contribution in [2.24, 2.45) is 4.99 Å². The van der Waals surface area contributed by atoms with Crippen LogP contribution in [0, 0.1) is 0 Å². The van der Waals surface area contributed by atoms with Crippen molar-refractivity contribution in [1.82, 2.24) is 15.6 Å². The number of hydrogen-bond donors (Lipinski definition) is 2. The van der Waals surface area contributed by atoms with Gasteiger partial charge in [-0.1, -0.05) is 18.2 Å². The van der Waals surface area contributed by atoms with Gasteiger partial charge in [0.25, 0.3) is 0 Å². The molecule has 1 heterocycles. The fourth-order valence-electron chi connectivity index (χ4n) is 2.15. The number of nitrogens with one attached hydrogen (secondary N) is 2. The molecule has 25 heavy (non-hydrogen) atoms. The highest BCUT2D eigenvalue weighted by molar-refractivity contribution is 14.0. The Balaban J connectivity index is 0.00000312. The molecule has 0 radical (unpaired) electrons. The molecule has 0 atom stereocenters. The van der Waals surface area contributed by atoms with E-state index in [4.69, 9.17) is 9.47 Å². The molecule has 1 aromatic heterocycles. The van der Waals surface area contributed by atoms with Gasteiger partial charge in [0.1, 0.15) is 5.75 Å². The van der Waals surface area contributed by atoms with Gasteiger partial charge in [-0.05, 0) is 30.7 Å². The van der Waals surface area contributed by atoms with E-state index in [2.05, 4.69) is 20.6 Å². The minimum Gasteiger partial charge on any atom is -0.497 e. The maximum absolute atomic E-state index is 5.53. The van der Waals surface area contributed by atoms with Gasteiger partial charge in [0.05, 0.1) is 13.7 Å². The van der Waals surface area contributed by atoms with Crippen LogP contribution in [0.4, 0.5) is 0 Å². The van der Waals surface area contributed by atoms with E-state index in [0.717, 1.165) is 22.8 Å². The second-order valence-corrected chi connectivity index (χ2v) is 5.03. The monoisotopic (exact) mass is 456 g/mol. The molecular weight excluding hydrogens is 431 g/mol. The molecule has 0 saturated carbocycles. The molecule has 0 amide bonds. The molecule has 0 aliphatic rings. The van der Waals surface area contributed by atoms with Gasteiger partial charge in [-0.3, -0.25) is 4.99 Å². The molecule has 2 aromatic rings. The number of aliphatic imine (C=N–C) groups is 1. The van der Waals surface area contributed by atoms with Crippen LogP contribution in [0.5, 0.6) is 11.6 Å². The first kappa shape index (κ1) is 21.0. The number of rotatable bonds is 7. The lowest BCUT2D eigenvalue weighted by Crippen LogP contribution is -2.36. The number of halogens is 1. The van der Waals surface area contributed by atoms with Crippen molar-refractivity contribution in [1.29, 1.82) is 0 Å². The lowest BCUT2D eigenvalue weighted by Gasteiger charge is -2.14. The average Bonchev–Trinajstić information content (AvgIpc) is 2.64. The van der Waals surface area contributed by atoms with Gasteiger partial charge in [0, 0.05) is 31.9 Å². The number of methoxy groups -OCH3 is 1. The Labute approximate surface area is 166 Å². The van der Waals surface area contributed by atoms with Crippen molar-refractivity contribution < 1.29 is 9.47 Å². The van der Waals surface area contributed by atoms with E-state index in [1.807, 2.05) is 43.3 Å². The highest BCUT2D eigenvalue weighted by atomic mass is 127. The van der Waals surface area contributed by atoms with Gasteiger partial charge < -0.3 is 20.1 Å². The van der Waals surface area contributed by atoms with E-state index < -0.39 is 0 Å². The predicted molar refractivity (Wildman–Crippen MR) is 111 cm³/mol. The smallest absolute Gasteiger partial charge is 0.218 e. The Morgan fingerprint density at radius 3 is 2.48 bits per heavy atom. The first-order valence-electron chi connectivity index (χ1n) is 7.91. The van der Waals surface area contributed by atoms with Crippen molar-refractivity contribution in [2.45, 2.75) is 20.0 Å². The van der Waals surface area contributed by atoms with Crippen LogP contribution in [0.2, 0.25) is 0 Å². The third-order valence-electron chi connectivity index (χ3n) is 3.42. The summed E-state index contributed by atoms with van der Waals surface area (Å²) in [6.45, 7) is 3.80. The molecule has 7 heteroatoms. The van der Waals surface area contributed by atoms with Crippen LogP contribution < -0.4 is 20.1 Å². The number of benzene rings is 1. The minimum absolute atomic E-state index is 0. The molecule has 136 valence electrons. The molecule has 0 spiro atoms. The number of hydrogen-bond acceptors (Lipinski definition) is 4. The van der Waals surface area contributed by atoms with Gasteiger partial charge in [-0.15, -0.1) is 24.0 Å². The quantitative estimate of drug-likeness (QED) is 0.381. The fraction of sp³-hybridized carbons (Fsp3) is 0.333. The van der Waals surface area contributed by atoms with E-state index >= 15 is 0 Å². The van der Waals surface area contributed by atoms with Crippen LogP contribution in [0.1, 0.15) is 18.1 Å². The normalized spacial score (nSPS) is 10.6. The van der Waals surface area contributed by atoms with Crippen LogP contribution in [-0.2, 0) is 13.1 Å². The molecule has 0 aliphatic heterocycles. The molecule has 2 N–H and O–H groups in total. The zero-order chi connectivity index (χ0) is 17.2. The van der Waals surface area contributed by atoms with Gasteiger partial charge in [0.2, 0.25) is 5.88 Å². The third-order valence-corrected chi connectivity index (χ3v) is 3.42. The largest absolute Gasteiger partial charge is 0.497 e. The molecule has 0 fully saturated rings. The summed E-state index contributed by atoms with van der Waals surface area (Å²) in [5.41, 5.74) is 2.14. The Kier molecular flexibility index (Phi) is 9.68. The van der Waals surface area contributed by atoms with Crippen LogP contribution in [0.25, 0.3) is 0 Å². The standard InChI is InChI=1S/C18H24N4O2.HI/c1-4-24-17-15(6-5-11-20-17)13-22-18(19-2)21-12-14-7-9-16(23-3)10-8-14;/h5-11H,4,12-13H2,1-3H3,(H2,19,21,22);1H. The number of aromatic nitrogens is 1. The second-order valence-electron chi connectivity index (χ2n) is 5.03. The first-order valence-corrected chi connectivity index (χ1v) is 7.91. The molecule has 2 rings (SSSR count). The average molecular weight is 456 g/mol. The van der Waals surface area contributed by atoms with E-state index in [1.165, 1.54) is 0 Å². The first-order chi connectivity index (χ1) is 11.8. The summed E-state index contributed by atoms with van der Waals surface area (Å²) in [7, 11) is 3.41. The zero-order valence-corrected chi connectivity index (χ0v) is 17.1.